The van der Waals surface area contributed by atoms with Gasteiger partial charge in [-0.3, -0.25) is 4.52 Å². The Bertz CT molecular complexity index is 710. The largest absolute Gasteiger partial charge is 0.425 e. The van der Waals surface area contributed by atoms with Crippen LogP contribution in [0, 0.1) is 0 Å². The lowest BCUT2D eigenvalue weighted by Gasteiger charge is -2.25. The predicted molar refractivity (Wildman–Crippen MR) is 101 cm³/mol. The van der Waals surface area contributed by atoms with Crippen LogP contribution < -0.4 is 4.52 Å². The van der Waals surface area contributed by atoms with Crippen molar-refractivity contribution in [1.29, 1.82) is 0 Å². The van der Waals surface area contributed by atoms with E-state index in [1.807, 2.05) is 30.3 Å². The van der Waals surface area contributed by atoms with Crippen molar-refractivity contribution in [1.82, 2.24) is 0 Å². The standard InChI is InChI=1S/C20H27O4P/c1-5-16(2)17-11-13-19(14-12-17)24-25(4,22)23-15-20(3,21)18-9-7-6-8-10-18/h6-14,16,21H,5,15H2,1-4H3. The molecule has 5 heteroatoms. The van der Waals surface area contributed by atoms with Gasteiger partial charge < -0.3 is 9.63 Å². The van der Waals surface area contributed by atoms with Gasteiger partial charge in [0, 0.05) is 6.66 Å². The molecular weight excluding hydrogens is 335 g/mol. The maximum Gasteiger partial charge on any atom is 0.376 e. The third-order valence-electron chi connectivity index (χ3n) is 4.31. The highest BCUT2D eigenvalue weighted by molar-refractivity contribution is 7.53. The summed E-state index contributed by atoms with van der Waals surface area (Å²) in [5, 5.41) is 10.5. The third-order valence-corrected chi connectivity index (χ3v) is 5.45. The van der Waals surface area contributed by atoms with E-state index in [0.717, 1.165) is 6.42 Å². The Morgan fingerprint density at radius 1 is 1.12 bits per heavy atom. The molecule has 0 spiro atoms. The Morgan fingerprint density at radius 2 is 1.72 bits per heavy atom. The second kappa shape index (κ2) is 8.18. The van der Waals surface area contributed by atoms with Gasteiger partial charge in [-0.1, -0.05) is 56.3 Å². The summed E-state index contributed by atoms with van der Waals surface area (Å²) in [6, 6.07) is 16.7. The van der Waals surface area contributed by atoms with Crippen molar-refractivity contribution in [3.63, 3.8) is 0 Å². The molecule has 3 atom stereocenters. The van der Waals surface area contributed by atoms with Crippen molar-refractivity contribution in [2.45, 2.75) is 38.7 Å². The van der Waals surface area contributed by atoms with Crippen molar-refractivity contribution < 1.29 is 18.7 Å². The van der Waals surface area contributed by atoms with Gasteiger partial charge in [0.05, 0.1) is 6.61 Å². The molecular formula is C20H27O4P. The van der Waals surface area contributed by atoms with Crippen LogP contribution in [0.1, 0.15) is 44.2 Å². The fourth-order valence-electron chi connectivity index (χ4n) is 2.43. The van der Waals surface area contributed by atoms with E-state index in [1.54, 1.807) is 31.2 Å². The van der Waals surface area contributed by atoms with Crippen LogP contribution in [-0.4, -0.2) is 18.4 Å². The Kier molecular flexibility index (Phi) is 6.45. The van der Waals surface area contributed by atoms with Gasteiger partial charge in [0.15, 0.2) is 0 Å². The molecule has 0 saturated carbocycles. The van der Waals surface area contributed by atoms with Crippen LogP contribution in [0.5, 0.6) is 5.75 Å². The molecule has 136 valence electrons. The minimum absolute atomic E-state index is 0.115. The fraction of sp³-hybridized carbons (Fsp3) is 0.400. The molecule has 1 N–H and O–H groups in total. The summed E-state index contributed by atoms with van der Waals surface area (Å²) in [5.74, 6) is 0.969. The average molecular weight is 362 g/mol. The lowest BCUT2D eigenvalue weighted by molar-refractivity contribution is 0.00501. The molecule has 3 unspecified atom stereocenters. The van der Waals surface area contributed by atoms with Crippen molar-refractivity contribution in [3.8, 4) is 5.75 Å². The highest BCUT2D eigenvalue weighted by Gasteiger charge is 2.28. The summed E-state index contributed by atoms with van der Waals surface area (Å²) >= 11 is 0. The molecule has 0 aromatic heterocycles. The van der Waals surface area contributed by atoms with E-state index < -0.39 is 13.2 Å². The van der Waals surface area contributed by atoms with E-state index in [0.29, 0.717) is 17.2 Å². The first-order chi connectivity index (χ1) is 11.7. The quantitative estimate of drug-likeness (QED) is 0.645. The molecule has 0 radical (unpaired) electrons. The van der Waals surface area contributed by atoms with E-state index in [1.165, 1.54) is 12.2 Å². The Hall–Kier alpha value is -1.61. The van der Waals surface area contributed by atoms with Crippen LogP contribution in [0.2, 0.25) is 0 Å². The van der Waals surface area contributed by atoms with Gasteiger partial charge in [0.25, 0.3) is 0 Å². The van der Waals surface area contributed by atoms with Crippen LogP contribution >= 0.6 is 7.60 Å². The average Bonchev–Trinajstić information content (AvgIpc) is 2.61. The fourth-order valence-corrected chi connectivity index (χ4v) is 3.48. The maximum atomic E-state index is 12.6. The molecule has 2 rings (SSSR count). The van der Waals surface area contributed by atoms with Crippen LogP contribution in [0.4, 0.5) is 0 Å². The Morgan fingerprint density at radius 3 is 2.28 bits per heavy atom. The summed E-state index contributed by atoms with van der Waals surface area (Å²) in [6.45, 7) is 7.23. The third kappa shape index (κ3) is 5.71. The monoisotopic (exact) mass is 362 g/mol. The van der Waals surface area contributed by atoms with Gasteiger partial charge in [-0.05, 0) is 42.5 Å². The number of rotatable bonds is 8. The molecule has 0 aliphatic heterocycles. The van der Waals surface area contributed by atoms with Crippen LogP contribution in [-0.2, 0) is 14.7 Å². The zero-order valence-electron chi connectivity index (χ0n) is 15.3. The molecule has 0 bridgehead atoms. The number of hydrogen-bond donors (Lipinski definition) is 1. The SMILES string of the molecule is CCC(C)c1ccc(OP(C)(=O)OCC(C)(O)c2ccccc2)cc1. The van der Waals surface area contributed by atoms with Crippen molar-refractivity contribution in [2.24, 2.45) is 0 Å². The smallest absolute Gasteiger partial charge is 0.376 e. The first kappa shape index (κ1) is 19.7. The van der Waals surface area contributed by atoms with Gasteiger partial charge in [-0.2, -0.15) is 0 Å². The second-order valence-corrected chi connectivity index (χ2v) is 8.64. The summed E-state index contributed by atoms with van der Waals surface area (Å²) < 4.78 is 23.5. The highest BCUT2D eigenvalue weighted by atomic mass is 31.2. The lowest BCUT2D eigenvalue weighted by Crippen LogP contribution is -2.27. The number of aliphatic hydroxyl groups is 1. The molecule has 2 aromatic rings. The second-order valence-electron chi connectivity index (χ2n) is 6.65. The van der Waals surface area contributed by atoms with Crippen molar-refractivity contribution in [2.75, 3.05) is 13.3 Å². The first-order valence-electron chi connectivity index (χ1n) is 8.53. The summed E-state index contributed by atoms with van der Waals surface area (Å²) in [6.07, 6.45) is 1.06. The van der Waals surface area contributed by atoms with Gasteiger partial charge in [0.1, 0.15) is 11.4 Å². The summed E-state index contributed by atoms with van der Waals surface area (Å²) in [7, 11) is -3.34. The topological polar surface area (TPSA) is 55.8 Å². The molecule has 0 amide bonds. The van der Waals surface area contributed by atoms with E-state index in [4.69, 9.17) is 9.05 Å². The molecule has 0 saturated heterocycles. The van der Waals surface area contributed by atoms with Gasteiger partial charge in [0.2, 0.25) is 0 Å². The molecule has 0 fully saturated rings. The predicted octanol–water partition coefficient (Wildman–Crippen LogP) is 5.33. The highest BCUT2D eigenvalue weighted by Crippen LogP contribution is 2.45. The molecule has 2 aromatic carbocycles. The number of benzene rings is 2. The molecule has 4 nitrogen and oxygen atoms in total. The molecule has 25 heavy (non-hydrogen) atoms. The molecule has 0 aliphatic rings. The van der Waals surface area contributed by atoms with Crippen molar-refractivity contribution in [3.05, 3.63) is 65.7 Å². The number of hydrogen-bond acceptors (Lipinski definition) is 4. The van der Waals surface area contributed by atoms with Crippen molar-refractivity contribution >= 4 is 7.60 Å². The Labute approximate surface area is 150 Å². The van der Waals surface area contributed by atoms with E-state index in [-0.39, 0.29) is 6.61 Å². The maximum absolute atomic E-state index is 12.6. The van der Waals surface area contributed by atoms with Crippen LogP contribution in [0.25, 0.3) is 0 Å². The minimum atomic E-state index is -3.34. The first-order valence-corrected chi connectivity index (χ1v) is 10.5. The van der Waals surface area contributed by atoms with Crippen LogP contribution in [0.15, 0.2) is 54.6 Å². The Balaban J connectivity index is 1.98. The van der Waals surface area contributed by atoms with E-state index in [9.17, 15) is 9.67 Å². The summed E-state index contributed by atoms with van der Waals surface area (Å²) in [4.78, 5) is 0. The van der Waals surface area contributed by atoms with Gasteiger partial charge in [-0.25, -0.2) is 4.57 Å². The van der Waals surface area contributed by atoms with Crippen LogP contribution in [0.3, 0.4) is 0 Å². The lowest BCUT2D eigenvalue weighted by atomic mass is 9.97. The zero-order valence-corrected chi connectivity index (χ0v) is 16.2. The zero-order chi connectivity index (χ0) is 18.5. The molecule has 0 heterocycles. The van der Waals surface area contributed by atoms with E-state index in [2.05, 4.69) is 13.8 Å². The minimum Gasteiger partial charge on any atom is -0.425 e. The molecule has 0 aliphatic carbocycles. The van der Waals surface area contributed by atoms with Gasteiger partial charge >= 0.3 is 7.60 Å². The normalized spacial score (nSPS) is 17.3. The van der Waals surface area contributed by atoms with Gasteiger partial charge in [-0.15, -0.1) is 0 Å². The summed E-state index contributed by atoms with van der Waals surface area (Å²) in [5.41, 5.74) is 0.679. The van der Waals surface area contributed by atoms with E-state index >= 15 is 0 Å².